The second kappa shape index (κ2) is 17.3. The van der Waals surface area contributed by atoms with Gasteiger partial charge in [-0.1, -0.05) is 42.5 Å². The molecule has 0 fully saturated rings. The first-order valence-corrected chi connectivity index (χ1v) is 16.4. The Labute approximate surface area is 302 Å². The fraction of sp³-hybridized carbons (Fsp3) is 0.250. The van der Waals surface area contributed by atoms with Crippen LogP contribution in [0.2, 0.25) is 0 Å². The zero-order valence-electron chi connectivity index (χ0n) is 28.5. The third-order valence-corrected chi connectivity index (χ3v) is 8.06. The fourth-order valence-electron chi connectivity index (χ4n) is 5.42. The number of nitrogens with zero attached hydrogens (tertiary/aromatic N) is 4. The average molecular weight is 726 g/mol. The summed E-state index contributed by atoms with van der Waals surface area (Å²) in [5, 5.41) is 28.8. The second-order valence-corrected chi connectivity index (χ2v) is 11.7. The fourth-order valence-corrected chi connectivity index (χ4v) is 5.42. The predicted molar refractivity (Wildman–Crippen MR) is 186 cm³/mol. The molecule has 3 N–H and O–H groups in total. The van der Waals surface area contributed by atoms with Gasteiger partial charge in [-0.05, 0) is 36.8 Å². The molecule has 3 aromatic carbocycles. The molecule has 1 atom stereocenters. The van der Waals surface area contributed by atoms with E-state index in [1.54, 1.807) is 36.2 Å². The maximum absolute atomic E-state index is 13.9. The number of aromatic nitrogens is 2. The number of esters is 2. The molecular weight excluding hydrogens is 690 g/mol. The zero-order valence-corrected chi connectivity index (χ0v) is 28.5. The van der Waals surface area contributed by atoms with E-state index < -0.39 is 47.6 Å². The molecule has 17 nitrogen and oxygen atoms in total. The minimum atomic E-state index is -1.06. The van der Waals surface area contributed by atoms with Gasteiger partial charge in [0, 0.05) is 61.0 Å². The van der Waals surface area contributed by atoms with Crippen molar-refractivity contribution in [1.29, 1.82) is 5.41 Å². The summed E-state index contributed by atoms with van der Waals surface area (Å²) >= 11 is 0. The molecule has 1 aliphatic rings. The number of amidine groups is 1. The minimum Gasteiger partial charge on any atom is -0.465 e. The number of nitro groups is 1. The highest BCUT2D eigenvalue weighted by Gasteiger charge is 2.31. The van der Waals surface area contributed by atoms with Crippen LogP contribution in [0.1, 0.15) is 50.0 Å². The summed E-state index contributed by atoms with van der Waals surface area (Å²) in [6, 6.07) is 18.4. The van der Waals surface area contributed by atoms with Gasteiger partial charge in [0.05, 0.1) is 22.8 Å². The number of nitro benzene ring substituents is 1. The van der Waals surface area contributed by atoms with Crippen molar-refractivity contribution in [3.8, 4) is 0 Å². The number of carbonyl (C=O) groups is 5. The minimum absolute atomic E-state index is 0.0312. The van der Waals surface area contributed by atoms with Crippen LogP contribution in [-0.2, 0) is 49.7 Å². The van der Waals surface area contributed by atoms with Gasteiger partial charge in [-0.3, -0.25) is 39.9 Å². The van der Waals surface area contributed by atoms with Crippen LogP contribution in [0.3, 0.4) is 0 Å². The lowest BCUT2D eigenvalue weighted by Crippen LogP contribution is -2.50. The molecule has 53 heavy (non-hydrogen) atoms. The standard InChI is InChI=1S/C36H35N7O10/c1-2-51-31(44)21-42-20-27-19-41(17-16-29(27)40-42)34(46)30(18-23-8-14-28(15-9-23)43(49)50)38-33(45)25-12-10-24(11-13-25)32(37)39-36(48)53-22-52-35(47)26-6-4-3-5-7-26/h3-15,20,30H,2,16-19,21-22H2,1H3,(H,38,45)(H2,37,39,48)/t30-/m0/s1. The van der Waals surface area contributed by atoms with Gasteiger partial charge in [-0.15, -0.1) is 0 Å². The Morgan fingerprint density at radius 3 is 2.30 bits per heavy atom. The highest BCUT2D eigenvalue weighted by Crippen LogP contribution is 2.20. The van der Waals surface area contributed by atoms with Crippen LogP contribution in [0.25, 0.3) is 0 Å². The van der Waals surface area contributed by atoms with E-state index in [4.69, 9.17) is 19.6 Å². The molecule has 0 aliphatic carbocycles. The first-order valence-electron chi connectivity index (χ1n) is 16.4. The van der Waals surface area contributed by atoms with Crippen LogP contribution in [0, 0.1) is 15.5 Å². The summed E-state index contributed by atoms with van der Waals surface area (Å²) in [7, 11) is 0. The van der Waals surface area contributed by atoms with Crippen LogP contribution in [-0.4, -0.2) is 81.3 Å². The summed E-state index contributed by atoms with van der Waals surface area (Å²) < 4.78 is 16.2. The maximum atomic E-state index is 13.9. The Kier molecular flexibility index (Phi) is 12.2. The smallest absolute Gasteiger partial charge is 0.415 e. The Morgan fingerprint density at radius 1 is 0.925 bits per heavy atom. The van der Waals surface area contributed by atoms with Crippen molar-refractivity contribution < 1.29 is 43.1 Å². The van der Waals surface area contributed by atoms with E-state index >= 15 is 0 Å². The number of amides is 3. The number of benzene rings is 3. The molecule has 17 heteroatoms. The molecule has 274 valence electrons. The summed E-state index contributed by atoms with van der Waals surface area (Å²) in [5.41, 5.74) is 2.60. The molecule has 0 spiro atoms. The Hall–Kier alpha value is -6.91. The summed E-state index contributed by atoms with van der Waals surface area (Å²) in [6.45, 7) is 1.69. The number of non-ortho nitro benzene ring substituents is 1. The SMILES string of the molecule is CCOC(=O)Cn1cc2c(n1)CCN(C(=O)[C@H](Cc1ccc([N+](=O)[O-])cc1)NC(=O)c1ccc(C(=N)NC(=O)OCOC(=O)c3ccccc3)cc1)C2. The van der Waals surface area contributed by atoms with Crippen LogP contribution < -0.4 is 10.6 Å². The molecule has 0 bridgehead atoms. The molecule has 0 radical (unpaired) electrons. The van der Waals surface area contributed by atoms with Crippen molar-refractivity contribution in [2.75, 3.05) is 19.9 Å². The average Bonchev–Trinajstić information content (AvgIpc) is 3.56. The molecule has 3 amide bonds. The molecule has 4 aromatic rings. The van der Waals surface area contributed by atoms with Gasteiger partial charge in [0.1, 0.15) is 18.4 Å². The normalized spacial score (nSPS) is 12.4. The van der Waals surface area contributed by atoms with Crippen molar-refractivity contribution in [3.63, 3.8) is 0 Å². The van der Waals surface area contributed by atoms with Crippen LogP contribution >= 0.6 is 0 Å². The lowest BCUT2D eigenvalue weighted by molar-refractivity contribution is -0.384. The molecule has 0 unspecified atom stereocenters. The van der Waals surface area contributed by atoms with Gasteiger partial charge >= 0.3 is 18.0 Å². The number of nitrogens with one attached hydrogen (secondary N) is 3. The van der Waals surface area contributed by atoms with Crippen molar-refractivity contribution in [2.45, 2.75) is 38.9 Å². The highest BCUT2D eigenvalue weighted by molar-refractivity contribution is 6.05. The number of hydrogen-bond acceptors (Lipinski definition) is 12. The summed E-state index contributed by atoms with van der Waals surface area (Å²) in [4.78, 5) is 75.7. The third kappa shape index (κ3) is 10.1. The summed E-state index contributed by atoms with van der Waals surface area (Å²) in [5.74, 6) is -2.47. The Balaban J connectivity index is 1.21. The number of hydrogen-bond donors (Lipinski definition) is 3. The van der Waals surface area contributed by atoms with Crippen LogP contribution in [0.5, 0.6) is 0 Å². The van der Waals surface area contributed by atoms with Gasteiger partial charge in [-0.2, -0.15) is 5.10 Å². The maximum Gasteiger partial charge on any atom is 0.415 e. The van der Waals surface area contributed by atoms with E-state index in [-0.39, 0.29) is 54.3 Å². The van der Waals surface area contributed by atoms with Gasteiger partial charge in [-0.25, -0.2) is 9.59 Å². The first-order chi connectivity index (χ1) is 25.5. The molecule has 0 saturated carbocycles. The highest BCUT2D eigenvalue weighted by atomic mass is 16.7. The topological polar surface area (TPSA) is 225 Å². The zero-order chi connectivity index (χ0) is 37.9. The van der Waals surface area contributed by atoms with Crippen molar-refractivity contribution in [1.82, 2.24) is 25.3 Å². The number of fused-ring (bicyclic) bond motifs is 1. The molecule has 1 aliphatic heterocycles. The molecule has 2 heterocycles. The number of rotatable bonds is 13. The van der Waals surface area contributed by atoms with E-state index in [9.17, 15) is 34.1 Å². The molecular formula is C36H35N7O10. The lowest BCUT2D eigenvalue weighted by atomic mass is 10.0. The number of alkyl carbamates (subject to hydrolysis) is 1. The van der Waals surface area contributed by atoms with E-state index in [2.05, 4.69) is 15.7 Å². The second-order valence-electron chi connectivity index (χ2n) is 11.7. The number of ether oxygens (including phenoxy) is 3. The monoisotopic (exact) mass is 725 g/mol. The number of carbonyl (C=O) groups excluding carboxylic acids is 5. The van der Waals surface area contributed by atoms with E-state index in [1.807, 2.05) is 0 Å². The van der Waals surface area contributed by atoms with Crippen LogP contribution in [0.4, 0.5) is 10.5 Å². The van der Waals surface area contributed by atoms with Crippen molar-refractivity contribution >= 4 is 41.4 Å². The summed E-state index contributed by atoms with van der Waals surface area (Å²) in [6.07, 6.45) is 1.10. The van der Waals surface area contributed by atoms with Gasteiger partial charge < -0.3 is 24.4 Å². The van der Waals surface area contributed by atoms with Crippen LogP contribution in [0.15, 0.2) is 85.1 Å². The first kappa shape index (κ1) is 37.3. The molecule has 0 saturated heterocycles. The largest absolute Gasteiger partial charge is 0.465 e. The third-order valence-electron chi connectivity index (χ3n) is 8.06. The lowest BCUT2D eigenvalue weighted by Gasteiger charge is -2.30. The molecule has 5 rings (SSSR count). The van der Waals surface area contributed by atoms with Crippen molar-refractivity contribution in [2.24, 2.45) is 0 Å². The van der Waals surface area contributed by atoms with E-state index in [0.717, 1.165) is 11.3 Å². The van der Waals surface area contributed by atoms with E-state index in [0.29, 0.717) is 18.5 Å². The molecule has 1 aromatic heterocycles. The van der Waals surface area contributed by atoms with E-state index in [1.165, 1.54) is 65.3 Å². The van der Waals surface area contributed by atoms with Gasteiger partial charge in [0.15, 0.2) is 0 Å². The predicted octanol–water partition coefficient (Wildman–Crippen LogP) is 3.15. The van der Waals surface area contributed by atoms with Crippen molar-refractivity contribution in [3.05, 3.63) is 129 Å². The Bertz CT molecular complexity index is 2000. The van der Waals surface area contributed by atoms with Gasteiger partial charge in [0.25, 0.3) is 11.6 Å². The quantitative estimate of drug-likeness (QED) is 0.0453. The Morgan fingerprint density at radius 2 is 1.62 bits per heavy atom. The van der Waals surface area contributed by atoms with Gasteiger partial charge in [0.2, 0.25) is 12.7 Å².